The number of aromatic nitrogens is 1. The van der Waals surface area contributed by atoms with Gasteiger partial charge in [0.25, 0.3) is 0 Å². The van der Waals surface area contributed by atoms with Crippen LogP contribution in [-0.4, -0.2) is 24.0 Å². The number of carbonyl (C=O) groups excluding carboxylic acids is 1. The van der Waals surface area contributed by atoms with Crippen LogP contribution in [0.25, 0.3) is 0 Å². The third-order valence-electron chi connectivity index (χ3n) is 3.75. The summed E-state index contributed by atoms with van der Waals surface area (Å²) in [5, 5.41) is 3.01. The van der Waals surface area contributed by atoms with Crippen molar-refractivity contribution < 1.29 is 9.53 Å². The first-order chi connectivity index (χ1) is 10.2. The summed E-state index contributed by atoms with van der Waals surface area (Å²) in [4.78, 5) is 17.7. The standard InChI is InChI=1S/C16H18N2O2S/c1-11-15(21-10-18-11)6-7-17-16(19)13-8-12-4-2-3-5-14(12)20-9-13/h2-5,10,13H,6-9H2,1H3,(H,17,19)/t13-/m0/s1. The van der Waals surface area contributed by atoms with Crippen molar-refractivity contribution in [2.75, 3.05) is 13.2 Å². The molecule has 0 fully saturated rings. The van der Waals surface area contributed by atoms with Crippen LogP contribution in [0, 0.1) is 12.8 Å². The van der Waals surface area contributed by atoms with E-state index >= 15 is 0 Å². The van der Waals surface area contributed by atoms with Gasteiger partial charge in [0.2, 0.25) is 5.91 Å². The zero-order valence-corrected chi connectivity index (χ0v) is 12.8. The Hall–Kier alpha value is -1.88. The fourth-order valence-electron chi connectivity index (χ4n) is 2.51. The summed E-state index contributed by atoms with van der Waals surface area (Å²) in [5.41, 5.74) is 4.02. The van der Waals surface area contributed by atoms with Gasteiger partial charge in [-0.15, -0.1) is 11.3 Å². The van der Waals surface area contributed by atoms with Gasteiger partial charge in [0, 0.05) is 17.8 Å². The van der Waals surface area contributed by atoms with Crippen molar-refractivity contribution in [2.45, 2.75) is 19.8 Å². The number of nitrogens with zero attached hydrogens (tertiary/aromatic N) is 1. The Labute approximate surface area is 128 Å². The van der Waals surface area contributed by atoms with Gasteiger partial charge in [-0.3, -0.25) is 4.79 Å². The van der Waals surface area contributed by atoms with Gasteiger partial charge < -0.3 is 10.1 Å². The zero-order chi connectivity index (χ0) is 14.7. The molecule has 5 heteroatoms. The first-order valence-electron chi connectivity index (χ1n) is 7.11. The van der Waals surface area contributed by atoms with Crippen molar-refractivity contribution in [3.05, 3.63) is 45.9 Å². The Morgan fingerprint density at radius 3 is 3.14 bits per heavy atom. The number of benzene rings is 1. The Kier molecular flexibility index (Phi) is 4.20. The van der Waals surface area contributed by atoms with Gasteiger partial charge in [0.15, 0.2) is 0 Å². The van der Waals surface area contributed by atoms with Crippen LogP contribution in [0.15, 0.2) is 29.8 Å². The highest BCUT2D eigenvalue weighted by atomic mass is 32.1. The summed E-state index contributed by atoms with van der Waals surface area (Å²) in [6.07, 6.45) is 1.59. The van der Waals surface area contributed by atoms with E-state index in [-0.39, 0.29) is 11.8 Å². The molecular weight excluding hydrogens is 284 g/mol. The van der Waals surface area contributed by atoms with Crippen LogP contribution in [0.5, 0.6) is 5.75 Å². The van der Waals surface area contributed by atoms with Crippen molar-refractivity contribution in [3.63, 3.8) is 0 Å². The Morgan fingerprint density at radius 2 is 2.33 bits per heavy atom. The molecule has 1 atom stereocenters. The van der Waals surface area contributed by atoms with Crippen LogP contribution in [-0.2, 0) is 17.6 Å². The lowest BCUT2D eigenvalue weighted by Crippen LogP contribution is -2.38. The molecule has 1 aromatic carbocycles. The van der Waals surface area contributed by atoms with E-state index in [2.05, 4.69) is 10.3 Å². The molecule has 0 aliphatic carbocycles. The molecule has 3 rings (SSSR count). The van der Waals surface area contributed by atoms with Crippen molar-refractivity contribution in [2.24, 2.45) is 5.92 Å². The molecule has 1 amide bonds. The lowest BCUT2D eigenvalue weighted by Gasteiger charge is -2.24. The van der Waals surface area contributed by atoms with Gasteiger partial charge in [-0.25, -0.2) is 4.98 Å². The Morgan fingerprint density at radius 1 is 1.48 bits per heavy atom. The van der Waals surface area contributed by atoms with Crippen LogP contribution in [0.2, 0.25) is 0 Å². The number of thiazole rings is 1. The van der Waals surface area contributed by atoms with E-state index < -0.39 is 0 Å². The first kappa shape index (κ1) is 14.1. The number of para-hydroxylation sites is 1. The molecule has 0 spiro atoms. The molecule has 21 heavy (non-hydrogen) atoms. The summed E-state index contributed by atoms with van der Waals surface area (Å²) in [5.74, 6) is 0.885. The molecule has 110 valence electrons. The van der Waals surface area contributed by atoms with Crippen molar-refractivity contribution in [1.82, 2.24) is 10.3 Å². The van der Waals surface area contributed by atoms with E-state index in [1.54, 1.807) is 11.3 Å². The second-order valence-electron chi connectivity index (χ2n) is 5.22. The van der Waals surface area contributed by atoms with Gasteiger partial charge in [0.1, 0.15) is 12.4 Å². The van der Waals surface area contributed by atoms with E-state index in [9.17, 15) is 4.79 Å². The van der Waals surface area contributed by atoms with Crippen LogP contribution in [0.3, 0.4) is 0 Å². The van der Waals surface area contributed by atoms with E-state index in [4.69, 9.17) is 4.74 Å². The highest BCUT2D eigenvalue weighted by Crippen LogP contribution is 2.26. The molecule has 0 saturated heterocycles. The maximum absolute atomic E-state index is 12.2. The lowest BCUT2D eigenvalue weighted by atomic mass is 9.96. The number of carbonyl (C=O) groups is 1. The fourth-order valence-corrected chi connectivity index (χ4v) is 3.29. The minimum atomic E-state index is -0.0949. The highest BCUT2D eigenvalue weighted by Gasteiger charge is 2.25. The fraction of sp³-hybridized carbons (Fsp3) is 0.375. The second kappa shape index (κ2) is 6.26. The molecule has 0 bridgehead atoms. The number of rotatable bonds is 4. The predicted octanol–water partition coefficient (Wildman–Crippen LogP) is 2.36. The van der Waals surface area contributed by atoms with Gasteiger partial charge in [-0.1, -0.05) is 18.2 Å². The van der Waals surface area contributed by atoms with Crippen molar-refractivity contribution in [3.8, 4) is 5.75 Å². The number of nitrogens with one attached hydrogen (secondary N) is 1. The number of ether oxygens (including phenoxy) is 1. The normalized spacial score (nSPS) is 16.9. The van der Waals surface area contributed by atoms with Gasteiger partial charge in [0.05, 0.1) is 17.1 Å². The second-order valence-corrected chi connectivity index (χ2v) is 6.16. The molecule has 1 aliphatic heterocycles. The van der Waals surface area contributed by atoms with E-state index in [0.717, 1.165) is 29.8 Å². The summed E-state index contributed by atoms with van der Waals surface area (Å²) in [6.45, 7) is 3.11. The number of fused-ring (bicyclic) bond motifs is 1. The van der Waals surface area contributed by atoms with E-state index in [1.165, 1.54) is 4.88 Å². The summed E-state index contributed by atoms with van der Waals surface area (Å²) in [6, 6.07) is 7.91. The van der Waals surface area contributed by atoms with E-state index in [1.807, 2.05) is 36.7 Å². The van der Waals surface area contributed by atoms with Gasteiger partial charge >= 0.3 is 0 Å². The molecule has 0 radical (unpaired) electrons. The minimum Gasteiger partial charge on any atom is -0.492 e. The number of hydrogen-bond acceptors (Lipinski definition) is 4. The lowest BCUT2D eigenvalue weighted by molar-refractivity contribution is -0.126. The highest BCUT2D eigenvalue weighted by molar-refractivity contribution is 7.09. The summed E-state index contributed by atoms with van der Waals surface area (Å²) in [7, 11) is 0. The third kappa shape index (κ3) is 3.24. The molecular formula is C16H18N2O2S. The largest absolute Gasteiger partial charge is 0.492 e. The SMILES string of the molecule is Cc1ncsc1CCNC(=O)[C@@H]1COc2ccccc2C1. The van der Waals surface area contributed by atoms with Crippen LogP contribution < -0.4 is 10.1 Å². The molecule has 1 aromatic heterocycles. The molecule has 2 heterocycles. The minimum absolute atomic E-state index is 0.0756. The predicted molar refractivity (Wildman–Crippen MR) is 82.7 cm³/mol. The smallest absolute Gasteiger partial charge is 0.226 e. The van der Waals surface area contributed by atoms with Gasteiger partial charge in [-0.05, 0) is 25.0 Å². The van der Waals surface area contributed by atoms with Crippen LogP contribution in [0.4, 0.5) is 0 Å². The Balaban J connectivity index is 1.52. The molecule has 0 unspecified atom stereocenters. The number of aryl methyl sites for hydroxylation is 1. The van der Waals surface area contributed by atoms with Crippen LogP contribution in [0.1, 0.15) is 16.1 Å². The van der Waals surface area contributed by atoms with Gasteiger partial charge in [-0.2, -0.15) is 0 Å². The van der Waals surface area contributed by atoms with Crippen molar-refractivity contribution >= 4 is 17.2 Å². The monoisotopic (exact) mass is 302 g/mol. The maximum Gasteiger partial charge on any atom is 0.226 e. The molecule has 2 aromatic rings. The molecule has 1 N–H and O–H groups in total. The third-order valence-corrected chi connectivity index (χ3v) is 4.74. The molecule has 0 saturated carbocycles. The number of hydrogen-bond donors (Lipinski definition) is 1. The summed E-state index contributed by atoms with van der Waals surface area (Å²) < 4.78 is 5.66. The van der Waals surface area contributed by atoms with E-state index in [0.29, 0.717) is 13.2 Å². The first-order valence-corrected chi connectivity index (χ1v) is 7.99. The zero-order valence-electron chi connectivity index (χ0n) is 12.0. The Bertz CT molecular complexity index is 639. The average Bonchev–Trinajstić information content (AvgIpc) is 2.92. The summed E-state index contributed by atoms with van der Waals surface area (Å²) >= 11 is 1.64. The quantitative estimate of drug-likeness (QED) is 0.943. The van der Waals surface area contributed by atoms with Crippen LogP contribution >= 0.6 is 11.3 Å². The number of amides is 1. The molecule has 4 nitrogen and oxygen atoms in total. The maximum atomic E-state index is 12.2. The topological polar surface area (TPSA) is 51.2 Å². The van der Waals surface area contributed by atoms with Crippen molar-refractivity contribution in [1.29, 1.82) is 0 Å². The average molecular weight is 302 g/mol. The molecule has 1 aliphatic rings.